The number of nitrogens with one attached hydrogen (secondary N) is 2. The molecule has 0 aliphatic carbocycles. The molecule has 0 saturated carbocycles. The Morgan fingerprint density at radius 1 is 1.43 bits per heavy atom. The van der Waals surface area contributed by atoms with Crippen molar-refractivity contribution < 1.29 is 0 Å². The number of anilines is 2. The number of nitrogens with zero attached hydrogens (tertiary/aromatic N) is 4. The van der Waals surface area contributed by atoms with E-state index in [9.17, 15) is 0 Å². The van der Waals surface area contributed by atoms with Gasteiger partial charge in [0.15, 0.2) is 11.5 Å². The standard InChI is InChI=1S/C14H22N6S/c1-3-5-15-14-18-12-11(16-9-17-12)13(19-14)20-6-7-21-10(4-2)8-20/h9-10H,3-8H2,1-2H3,(H2,15,16,17,18,19). The van der Waals surface area contributed by atoms with E-state index in [-0.39, 0.29) is 0 Å². The van der Waals surface area contributed by atoms with Crippen LogP contribution in [0.5, 0.6) is 0 Å². The molecule has 2 N–H and O–H groups in total. The molecule has 1 aliphatic heterocycles. The maximum absolute atomic E-state index is 4.73. The Labute approximate surface area is 129 Å². The van der Waals surface area contributed by atoms with E-state index in [0.717, 1.165) is 48.8 Å². The second-order valence-electron chi connectivity index (χ2n) is 5.25. The largest absolute Gasteiger partial charge is 0.354 e. The fourth-order valence-corrected chi connectivity index (χ4v) is 3.70. The van der Waals surface area contributed by atoms with Crippen LogP contribution in [0.15, 0.2) is 6.33 Å². The number of aromatic amines is 1. The van der Waals surface area contributed by atoms with Crippen LogP contribution in [0, 0.1) is 0 Å². The Morgan fingerprint density at radius 3 is 3.14 bits per heavy atom. The van der Waals surface area contributed by atoms with Crippen LogP contribution in [0.2, 0.25) is 0 Å². The average molecular weight is 306 g/mol. The Hall–Kier alpha value is -1.50. The van der Waals surface area contributed by atoms with Gasteiger partial charge >= 0.3 is 0 Å². The second-order valence-corrected chi connectivity index (χ2v) is 6.65. The summed E-state index contributed by atoms with van der Waals surface area (Å²) in [6.45, 7) is 7.33. The zero-order valence-corrected chi connectivity index (χ0v) is 13.4. The van der Waals surface area contributed by atoms with E-state index < -0.39 is 0 Å². The summed E-state index contributed by atoms with van der Waals surface area (Å²) in [6.07, 6.45) is 3.94. The molecule has 1 saturated heterocycles. The van der Waals surface area contributed by atoms with Crippen LogP contribution in [0.1, 0.15) is 26.7 Å². The lowest BCUT2D eigenvalue weighted by Gasteiger charge is -2.33. The number of hydrogen-bond donors (Lipinski definition) is 2. The molecule has 2 aromatic heterocycles. The lowest BCUT2D eigenvalue weighted by molar-refractivity contribution is 0.721. The molecule has 2 aromatic rings. The van der Waals surface area contributed by atoms with Crippen molar-refractivity contribution in [2.45, 2.75) is 31.9 Å². The van der Waals surface area contributed by atoms with Crippen LogP contribution in [-0.2, 0) is 0 Å². The van der Waals surface area contributed by atoms with Crippen LogP contribution < -0.4 is 10.2 Å². The van der Waals surface area contributed by atoms with Crippen molar-refractivity contribution in [1.29, 1.82) is 0 Å². The van der Waals surface area contributed by atoms with Gasteiger partial charge in [0, 0.05) is 30.6 Å². The molecule has 3 heterocycles. The monoisotopic (exact) mass is 306 g/mol. The molecule has 0 amide bonds. The number of aromatic nitrogens is 4. The van der Waals surface area contributed by atoms with Crippen molar-refractivity contribution in [3.8, 4) is 0 Å². The Morgan fingerprint density at radius 2 is 2.33 bits per heavy atom. The minimum atomic E-state index is 0.678. The molecule has 21 heavy (non-hydrogen) atoms. The van der Waals surface area contributed by atoms with E-state index in [1.165, 1.54) is 6.42 Å². The van der Waals surface area contributed by atoms with Gasteiger partial charge in [-0.25, -0.2) is 4.98 Å². The minimum absolute atomic E-state index is 0.678. The molecule has 0 aromatic carbocycles. The van der Waals surface area contributed by atoms with E-state index in [0.29, 0.717) is 11.2 Å². The molecular weight excluding hydrogens is 284 g/mol. The zero-order chi connectivity index (χ0) is 14.7. The molecule has 3 rings (SSSR count). The van der Waals surface area contributed by atoms with E-state index >= 15 is 0 Å². The smallest absolute Gasteiger partial charge is 0.226 e. The summed E-state index contributed by atoms with van der Waals surface area (Å²) < 4.78 is 0. The van der Waals surface area contributed by atoms with E-state index in [4.69, 9.17) is 4.98 Å². The van der Waals surface area contributed by atoms with E-state index in [2.05, 4.69) is 50.8 Å². The molecule has 0 bridgehead atoms. The fourth-order valence-electron chi connectivity index (χ4n) is 2.52. The predicted octanol–water partition coefficient (Wildman–Crippen LogP) is 2.51. The molecule has 6 nitrogen and oxygen atoms in total. The minimum Gasteiger partial charge on any atom is -0.354 e. The summed E-state index contributed by atoms with van der Waals surface area (Å²) in [5.74, 6) is 2.81. The highest BCUT2D eigenvalue weighted by Gasteiger charge is 2.23. The summed E-state index contributed by atoms with van der Waals surface area (Å²) in [4.78, 5) is 19.1. The van der Waals surface area contributed by atoms with Gasteiger partial charge < -0.3 is 15.2 Å². The number of hydrogen-bond acceptors (Lipinski definition) is 6. The van der Waals surface area contributed by atoms with E-state index in [1.807, 2.05) is 0 Å². The highest BCUT2D eigenvalue weighted by molar-refractivity contribution is 8.00. The first-order chi connectivity index (χ1) is 10.3. The van der Waals surface area contributed by atoms with Crippen molar-refractivity contribution in [3.63, 3.8) is 0 Å². The summed E-state index contributed by atoms with van der Waals surface area (Å²) in [7, 11) is 0. The van der Waals surface area contributed by atoms with Crippen LogP contribution in [-0.4, -0.2) is 50.6 Å². The molecule has 0 radical (unpaired) electrons. The maximum atomic E-state index is 4.73. The van der Waals surface area contributed by atoms with Gasteiger partial charge in [-0.3, -0.25) is 0 Å². The van der Waals surface area contributed by atoms with Gasteiger partial charge in [0.25, 0.3) is 0 Å². The number of rotatable bonds is 5. The Bertz CT molecular complexity index is 598. The van der Waals surface area contributed by atoms with Crippen molar-refractivity contribution >= 4 is 34.7 Å². The summed E-state index contributed by atoms with van der Waals surface area (Å²) in [5.41, 5.74) is 1.68. The predicted molar refractivity (Wildman–Crippen MR) is 89.2 cm³/mol. The molecule has 1 aliphatic rings. The third-order valence-corrected chi connectivity index (χ3v) is 5.07. The lowest BCUT2D eigenvalue weighted by Crippen LogP contribution is -2.38. The first-order valence-electron chi connectivity index (χ1n) is 7.63. The third-order valence-electron chi connectivity index (χ3n) is 3.69. The quantitative estimate of drug-likeness (QED) is 0.884. The van der Waals surface area contributed by atoms with Gasteiger partial charge in [0.1, 0.15) is 5.52 Å². The molecule has 0 spiro atoms. The fraction of sp³-hybridized carbons (Fsp3) is 0.643. The van der Waals surface area contributed by atoms with Crippen LogP contribution in [0.4, 0.5) is 11.8 Å². The highest BCUT2D eigenvalue weighted by Crippen LogP contribution is 2.28. The molecule has 7 heteroatoms. The average Bonchev–Trinajstić information content (AvgIpc) is 3.00. The first-order valence-corrected chi connectivity index (χ1v) is 8.68. The lowest BCUT2D eigenvalue weighted by atomic mass is 10.3. The first kappa shape index (κ1) is 14.4. The van der Waals surface area contributed by atoms with Crippen LogP contribution >= 0.6 is 11.8 Å². The van der Waals surface area contributed by atoms with Crippen molar-refractivity contribution in [1.82, 2.24) is 19.9 Å². The molecule has 114 valence electrons. The number of thioether (sulfide) groups is 1. The van der Waals surface area contributed by atoms with Gasteiger partial charge in [-0.1, -0.05) is 13.8 Å². The van der Waals surface area contributed by atoms with Gasteiger partial charge in [-0.2, -0.15) is 21.7 Å². The topological polar surface area (TPSA) is 69.7 Å². The molecule has 1 unspecified atom stereocenters. The van der Waals surface area contributed by atoms with Crippen LogP contribution in [0.25, 0.3) is 11.2 Å². The Kier molecular flexibility index (Phi) is 4.48. The zero-order valence-electron chi connectivity index (χ0n) is 12.6. The second kappa shape index (κ2) is 6.51. The van der Waals surface area contributed by atoms with Gasteiger partial charge in [0.2, 0.25) is 5.95 Å². The molecule has 1 atom stereocenters. The van der Waals surface area contributed by atoms with Crippen LogP contribution in [0.3, 0.4) is 0 Å². The van der Waals surface area contributed by atoms with Gasteiger partial charge in [0.05, 0.1) is 6.33 Å². The molecule has 1 fully saturated rings. The van der Waals surface area contributed by atoms with Crippen molar-refractivity contribution in [3.05, 3.63) is 6.33 Å². The number of H-pyrrole nitrogens is 1. The summed E-state index contributed by atoms with van der Waals surface area (Å²) in [6, 6.07) is 0. The third kappa shape index (κ3) is 3.07. The molecular formula is C14H22N6S. The number of imidazole rings is 1. The Balaban J connectivity index is 1.93. The highest BCUT2D eigenvalue weighted by atomic mass is 32.2. The maximum Gasteiger partial charge on any atom is 0.226 e. The van der Waals surface area contributed by atoms with Crippen molar-refractivity contribution in [2.24, 2.45) is 0 Å². The normalized spacial score (nSPS) is 19.1. The van der Waals surface area contributed by atoms with Gasteiger partial charge in [-0.15, -0.1) is 0 Å². The van der Waals surface area contributed by atoms with E-state index in [1.54, 1.807) is 6.33 Å². The summed E-state index contributed by atoms with van der Waals surface area (Å²) >= 11 is 2.06. The SMILES string of the molecule is CCCNc1nc(N2CCSC(CC)C2)c2[nH]cnc2n1. The summed E-state index contributed by atoms with van der Waals surface area (Å²) in [5, 5.41) is 3.95. The van der Waals surface area contributed by atoms with Crippen molar-refractivity contribution in [2.75, 3.05) is 35.6 Å². The van der Waals surface area contributed by atoms with Gasteiger partial charge in [-0.05, 0) is 12.8 Å². The number of fused-ring (bicyclic) bond motifs is 1.